The molecule has 19 heavy (non-hydrogen) atoms. The quantitative estimate of drug-likeness (QED) is 0.896. The molecule has 3 heteroatoms. The Kier molecular flexibility index (Phi) is 2.12. The van der Waals surface area contributed by atoms with Gasteiger partial charge in [0.05, 0.1) is 11.4 Å². The van der Waals surface area contributed by atoms with E-state index in [-0.39, 0.29) is 11.8 Å². The van der Waals surface area contributed by atoms with Gasteiger partial charge in [0, 0.05) is 23.5 Å². The molecule has 2 aliphatic rings. The van der Waals surface area contributed by atoms with E-state index in [0.29, 0.717) is 0 Å². The van der Waals surface area contributed by atoms with Gasteiger partial charge < -0.3 is 9.67 Å². The highest BCUT2D eigenvalue weighted by Gasteiger charge is 2.46. The van der Waals surface area contributed by atoms with E-state index < -0.39 is 5.97 Å². The van der Waals surface area contributed by atoms with Crippen LogP contribution in [0.2, 0.25) is 0 Å². The molecule has 1 fully saturated rings. The van der Waals surface area contributed by atoms with Crippen molar-refractivity contribution in [1.29, 1.82) is 0 Å². The number of para-hydroxylation sites is 1. The van der Waals surface area contributed by atoms with Crippen LogP contribution in [0.4, 0.5) is 0 Å². The average molecular weight is 255 g/mol. The highest BCUT2D eigenvalue weighted by molar-refractivity contribution is 5.91. The lowest BCUT2D eigenvalue weighted by Crippen LogP contribution is -2.08. The Morgan fingerprint density at radius 1 is 1.42 bits per heavy atom. The Morgan fingerprint density at radius 2 is 2.26 bits per heavy atom. The second-order valence-electron chi connectivity index (χ2n) is 5.85. The van der Waals surface area contributed by atoms with Crippen molar-refractivity contribution in [3.8, 4) is 0 Å². The fourth-order valence-corrected chi connectivity index (χ4v) is 3.80. The predicted octanol–water partition coefficient (Wildman–Crippen LogP) is 3.08. The second kappa shape index (κ2) is 3.62. The molecule has 0 radical (unpaired) electrons. The highest BCUT2D eigenvalue weighted by Crippen LogP contribution is 2.52. The fourth-order valence-electron chi connectivity index (χ4n) is 3.80. The van der Waals surface area contributed by atoms with Gasteiger partial charge in [-0.05, 0) is 37.3 Å². The van der Waals surface area contributed by atoms with Gasteiger partial charge in [0.15, 0.2) is 0 Å². The zero-order chi connectivity index (χ0) is 13.1. The molecule has 98 valence electrons. The zero-order valence-corrected chi connectivity index (χ0v) is 11.0. The first-order valence-electron chi connectivity index (χ1n) is 7.02. The fraction of sp³-hybridized carbons (Fsp3) is 0.438. The van der Waals surface area contributed by atoms with E-state index in [1.54, 1.807) is 0 Å². The van der Waals surface area contributed by atoms with Crippen LogP contribution in [0.25, 0.3) is 10.9 Å². The van der Waals surface area contributed by atoms with E-state index in [0.717, 1.165) is 19.4 Å². The molecule has 0 bridgehead atoms. The van der Waals surface area contributed by atoms with Crippen molar-refractivity contribution in [2.45, 2.75) is 38.6 Å². The Bertz CT molecular complexity index is 698. The molecule has 0 saturated heterocycles. The summed E-state index contributed by atoms with van der Waals surface area (Å²) < 4.78 is 2.40. The van der Waals surface area contributed by atoms with Gasteiger partial charge in [0.1, 0.15) is 0 Å². The summed E-state index contributed by atoms with van der Waals surface area (Å²) in [6.45, 7) is 3.23. The van der Waals surface area contributed by atoms with Gasteiger partial charge in [-0.1, -0.05) is 18.2 Å². The molecule has 2 atom stereocenters. The molecule has 0 amide bonds. The van der Waals surface area contributed by atoms with Crippen LogP contribution in [0.15, 0.2) is 18.2 Å². The van der Waals surface area contributed by atoms with Crippen molar-refractivity contribution in [2.75, 3.05) is 0 Å². The molecule has 2 heterocycles. The van der Waals surface area contributed by atoms with Crippen LogP contribution < -0.4 is 0 Å². The molecule has 4 rings (SSSR count). The monoisotopic (exact) mass is 255 g/mol. The van der Waals surface area contributed by atoms with E-state index >= 15 is 0 Å². The van der Waals surface area contributed by atoms with Crippen molar-refractivity contribution < 1.29 is 9.90 Å². The van der Waals surface area contributed by atoms with Gasteiger partial charge in [-0.25, -0.2) is 0 Å². The lowest BCUT2D eigenvalue weighted by Gasteiger charge is -2.16. The highest BCUT2D eigenvalue weighted by atomic mass is 16.4. The molecule has 2 aromatic rings. The van der Waals surface area contributed by atoms with Crippen molar-refractivity contribution >= 4 is 16.9 Å². The smallest absolute Gasteiger partial charge is 0.307 e. The van der Waals surface area contributed by atoms with Gasteiger partial charge in [-0.3, -0.25) is 4.79 Å². The van der Waals surface area contributed by atoms with E-state index in [1.165, 1.54) is 34.1 Å². The lowest BCUT2D eigenvalue weighted by molar-refractivity contribution is -0.138. The average Bonchev–Trinajstić information content (AvgIpc) is 3.14. The maximum atomic E-state index is 11.1. The largest absolute Gasteiger partial charge is 0.481 e. The second-order valence-corrected chi connectivity index (χ2v) is 5.85. The summed E-state index contributed by atoms with van der Waals surface area (Å²) in [4.78, 5) is 11.1. The van der Waals surface area contributed by atoms with Crippen LogP contribution in [0.1, 0.15) is 35.6 Å². The summed E-state index contributed by atoms with van der Waals surface area (Å²) in [7, 11) is 0. The van der Waals surface area contributed by atoms with Crippen molar-refractivity contribution in [3.63, 3.8) is 0 Å². The molecular formula is C16H17NO2. The number of hydrogen-bond acceptors (Lipinski definition) is 1. The maximum Gasteiger partial charge on any atom is 0.307 e. The lowest BCUT2D eigenvalue weighted by atomic mass is 10.0. The minimum Gasteiger partial charge on any atom is -0.481 e. The molecule has 1 aliphatic carbocycles. The summed E-state index contributed by atoms with van der Waals surface area (Å²) in [5.74, 6) is -0.576. The number of carbonyl (C=O) groups is 1. The van der Waals surface area contributed by atoms with Crippen molar-refractivity contribution in [3.05, 3.63) is 35.0 Å². The van der Waals surface area contributed by atoms with Crippen LogP contribution in [-0.2, 0) is 17.8 Å². The first-order chi connectivity index (χ1) is 9.18. The summed E-state index contributed by atoms with van der Waals surface area (Å²) in [6.07, 6.45) is 3.14. The summed E-state index contributed by atoms with van der Waals surface area (Å²) in [5, 5.41) is 10.5. The van der Waals surface area contributed by atoms with Crippen LogP contribution in [0, 0.1) is 12.8 Å². The van der Waals surface area contributed by atoms with Gasteiger partial charge in [-0.15, -0.1) is 0 Å². The van der Waals surface area contributed by atoms with Gasteiger partial charge in [-0.2, -0.15) is 0 Å². The predicted molar refractivity (Wildman–Crippen MR) is 73.5 cm³/mol. The third-order valence-corrected chi connectivity index (χ3v) is 4.78. The first kappa shape index (κ1) is 11.1. The summed E-state index contributed by atoms with van der Waals surface area (Å²) in [5.41, 5.74) is 5.37. The normalized spacial score (nSPS) is 24.7. The number of rotatable bonds is 2. The number of carboxylic acids is 1. The van der Waals surface area contributed by atoms with Crippen LogP contribution in [0.5, 0.6) is 0 Å². The minimum absolute atomic E-state index is 0.165. The zero-order valence-electron chi connectivity index (χ0n) is 11.0. The molecular weight excluding hydrogens is 238 g/mol. The number of hydrogen-bond donors (Lipinski definition) is 1. The SMILES string of the molecule is Cc1c(C2CC2C(=O)O)c2cccc3c2n1CCC3. The van der Waals surface area contributed by atoms with Crippen molar-refractivity contribution in [1.82, 2.24) is 4.57 Å². The molecule has 1 N–H and O–H groups in total. The third-order valence-electron chi connectivity index (χ3n) is 4.78. The van der Waals surface area contributed by atoms with Crippen molar-refractivity contribution in [2.24, 2.45) is 5.92 Å². The molecule has 1 saturated carbocycles. The molecule has 3 nitrogen and oxygen atoms in total. The van der Waals surface area contributed by atoms with Crippen LogP contribution in [0.3, 0.4) is 0 Å². The van der Waals surface area contributed by atoms with Crippen LogP contribution >= 0.6 is 0 Å². The van der Waals surface area contributed by atoms with Gasteiger partial charge >= 0.3 is 5.97 Å². The minimum atomic E-state index is -0.642. The number of carboxylic acid groups (broad SMARTS) is 1. The van der Waals surface area contributed by atoms with E-state index in [4.69, 9.17) is 0 Å². The van der Waals surface area contributed by atoms with Gasteiger partial charge in [0.25, 0.3) is 0 Å². The number of nitrogens with zero attached hydrogens (tertiary/aromatic N) is 1. The molecule has 1 aromatic heterocycles. The number of aliphatic carboxylic acids is 1. The third kappa shape index (κ3) is 1.41. The Hall–Kier alpha value is -1.77. The van der Waals surface area contributed by atoms with Crippen LogP contribution in [-0.4, -0.2) is 15.6 Å². The first-order valence-corrected chi connectivity index (χ1v) is 7.02. The molecule has 1 aromatic carbocycles. The maximum absolute atomic E-state index is 11.1. The number of aryl methyl sites for hydroxylation is 2. The molecule has 1 aliphatic heterocycles. The Balaban J connectivity index is 1.95. The van der Waals surface area contributed by atoms with E-state index in [1.807, 2.05) is 0 Å². The van der Waals surface area contributed by atoms with Gasteiger partial charge in [0.2, 0.25) is 0 Å². The van der Waals surface area contributed by atoms with E-state index in [9.17, 15) is 9.90 Å². The Labute approximate surface area is 111 Å². The number of benzene rings is 1. The topological polar surface area (TPSA) is 42.2 Å². The molecule has 0 spiro atoms. The molecule has 2 unspecified atom stereocenters. The van der Waals surface area contributed by atoms with E-state index in [2.05, 4.69) is 29.7 Å². The Morgan fingerprint density at radius 3 is 3.00 bits per heavy atom. The summed E-state index contributed by atoms with van der Waals surface area (Å²) in [6, 6.07) is 6.50. The number of aromatic nitrogens is 1. The standard InChI is InChI=1S/C16H17NO2/c1-9-14(12-8-13(12)16(18)19)11-6-2-4-10-5-3-7-17(9)15(10)11/h2,4,6,12-13H,3,5,7-8H2,1H3,(H,18,19). The summed E-state index contributed by atoms with van der Waals surface area (Å²) >= 11 is 0.